The molecule has 4 heteroatoms. The fourth-order valence-electron chi connectivity index (χ4n) is 4.00. The molecule has 0 radical (unpaired) electrons. The van der Waals surface area contributed by atoms with Crippen LogP contribution in [0.1, 0.15) is 120 Å². The Bertz CT molecular complexity index is 756. The molecule has 0 atom stereocenters. The molecule has 0 bridgehead atoms. The van der Waals surface area contributed by atoms with Gasteiger partial charge in [0.25, 0.3) is 0 Å². The SMILES string of the molecule is CCCCCCCCCOC(=O)c1cnc(-c2ccc(CCCCCCCCC)cc2)nc1. The molecule has 0 unspecified atom stereocenters. The molecule has 1 heterocycles. The van der Waals surface area contributed by atoms with Crippen LogP contribution >= 0.6 is 0 Å². The molecule has 0 N–H and O–H groups in total. The molecule has 33 heavy (non-hydrogen) atoms. The van der Waals surface area contributed by atoms with Gasteiger partial charge in [-0.05, 0) is 24.8 Å². The van der Waals surface area contributed by atoms with Crippen molar-refractivity contribution in [2.45, 2.75) is 110 Å². The quantitative estimate of drug-likeness (QED) is 0.168. The minimum Gasteiger partial charge on any atom is -0.462 e. The maximum atomic E-state index is 12.2. The molecular weight excluding hydrogens is 408 g/mol. The van der Waals surface area contributed by atoms with Crippen molar-refractivity contribution in [2.75, 3.05) is 6.61 Å². The molecule has 2 aromatic rings. The van der Waals surface area contributed by atoms with Gasteiger partial charge in [-0.25, -0.2) is 14.8 Å². The normalized spacial score (nSPS) is 11.0. The fourth-order valence-corrected chi connectivity index (χ4v) is 4.00. The number of aryl methyl sites for hydroxylation is 1. The third kappa shape index (κ3) is 11.5. The highest BCUT2D eigenvalue weighted by atomic mass is 16.5. The van der Waals surface area contributed by atoms with Crippen molar-refractivity contribution in [2.24, 2.45) is 0 Å². The number of carbonyl (C=O) groups excluding carboxylic acids is 1. The van der Waals surface area contributed by atoms with Crippen LogP contribution in [0.15, 0.2) is 36.7 Å². The van der Waals surface area contributed by atoms with Crippen molar-refractivity contribution >= 4 is 5.97 Å². The molecule has 4 nitrogen and oxygen atoms in total. The van der Waals surface area contributed by atoms with Crippen molar-refractivity contribution in [1.29, 1.82) is 0 Å². The van der Waals surface area contributed by atoms with Gasteiger partial charge < -0.3 is 4.74 Å². The average Bonchev–Trinajstić information content (AvgIpc) is 2.85. The topological polar surface area (TPSA) is 52.1 Å². The van der Waals surface area contributed by atoms with Crippen LogP contribution in [0.3, 0.4) is 0 Å². The van der Waals surface area contributed by atoms with Crippen molar-refractivity contribution in [3.8, 4) is 11.4 Å². The minimum atomic E-state index is -0.336. The minimum absolute atomic E-state index is 0.336. The summed E-state index contributed by atoms with van der Waals surface area (Å²) in [6.07, 6.45) is 22.0. The number of hydrogen-bond acceptors (Lipinski definition) is 4. The number of unbranched alkanes of at least 4 members (excludes halogenated alkanes) is 12. The average molecular weight is 453 g/mol. The number of aromatic nitrogens is 2. The first-order chi connectivity index (χ1) is 16.2. The fraction of sp³-hybridized carbons (Fsp3) is 0.621. The summed E-state index contributed by atoms with van der Waals surface area (Å²) in [5.74, 6) is 0.304. The van der Waals surface area contributed by atoms with Crippen LogP contribution in [0.5, 0.6) is 0 Å². The molecule has 0 amide bonds. The van der Waals surface area contributed by atoms with Gasteiger partial charge >= 0.3 is 5.97 Å². The summed E-state index contributed by atoms with van der Waals surface area (Å²) < 4.78 is 5.37. The highest BCUT2D eigenvalue weighted by Gasteiger charge is 2.09. The van der Waals surface area contributed by atoms with E-state index in [1.807, 2.05) is 0 Å². The molecular formula is C29H44N2O2. The Kier molecular flexibility index (Phi) is 14.1. The van der Waals surface area contributed by atoms with Crippen LogP contribution in [0, 0.1) is 0 Å². The third-order valence-electron chi connectivity index (χ3n) is 6.15. The van der Waals surface area contributed by atoms with E-state index >= 15 is 0 Å². The van der Waals surface area contributed by atoms with Crippen LogP contribution in [-0.4, -0.2) is 22.5 Å². The van der Waals surface area contributed by atoms with E-state index in [2.05, 4.69) is 48.1 Å². The zero-order chi connectivity index (χ0) is 23.6. The second kappa shape index (κ2) is 17.3. The summed E-state index contributed by atoms with van der Waals surface area (Å²) in [7, 11) is 0. The summed E-state index contributed by atoms with van der Waals surface area (Å²) in [5, 5.41) is 0. The van der Waals surface area contributed by atoms with Crippen LogP contribution in [0.4, 0.5) is 0 Å². The van der Waals surface area contributed by atoms with Crippen LogP contribution in [0.2, 0.25) is 0 Å². The molecule has 0 aliphatic carbocycles. The van der Waals surface area contributed by atoms with E-state index in [1.165, 1.54) is 82.6 Å². The van der Waals surface area contributed by atoms with E-state index in [0.717, 1.165) is 24.8 Å². The smallest absolute Gasteiger partial charge is 0.341 e. The predicted octanol–water partition coefficient (Wildman–Crippen LogP) is 8.34. The molecule has 182 valence electrons. The van der Waals surface area contributed by atoms with Gasteiger partial charge in [-0.2, -0.15) is 0 Å². The van der Waals surface area contributed by atoms with Gasteiger partial charge in [-0.1, -0.05) is 115 Å². The monoisotopic (exact) mass is 452 g/mol. The second-order valence-electron chi connectivity index (χ2n) is 9.12. The highest BCUT2D eigenvalue weighted by Crippen LogP contribution is 2.17. The van der Waals surface area contributed by atoms with Gasteiger partial charge in [0.2, 0.25) is 0 Å². The van der Waals surface area contributed by atoms with Gasteiger partial charge in [0.15, 0.2) is 5.82 Å². The molecule has 0 aliphatic heterocycles. The van der Waals surface area contributed by atoms with Crippen molar-refractivity contribution < 1.29 is 9.53 Å². The van der Waals surface area contributed by atoms with Crippen LogP contribution < -0.4 is 0 Å². The first-order valence-corrected chi connectivity index (χ1v) is 13.3. The molecule has 1 aromatic heterocycles. The predicted molar refractivity (Wildman–Crippen MR) is 137 cm³/mol. The van der Waals surface area contributed by atoms with Crippen LogP contribution in [-0.2, 0) is 11.2 Å². The Morgan fingerprint density at radius 1 is 0.697 bits per heavy atom. The first-order valence-electron chi connectivity index (χ1n) is 13.3. The standard InChI is InChI=1S/C29H44N2O2/c1-3-5-7-9-11-13-15-17-25-18-20-26(21-19-25)28-30-23-27(24-31-28)29(32)33-22-16-14-12-10-8-6-4-2/h18-21,23-24H,3-17,22H2,1-2H3. The number of hydrogen-bond donors (Lipinski definition) is 0. The number of nitrogens with zero attached hydrogens (tertiary/aromatic N) is 2. The zero-order valence-electron chi connectivity index (χ0n) is 21.0. The molecule has 2 rings (SSSR count). The van der Waals surface area contributed by atoms with E-state index in [4.69, 9.17) is 4.74 Å². The molecule has 0 spiro atoms. The van der Waals surface area contributed by atoms with E-state index in [1.54, 1.807) is 12.4 Å². The van der Waals surface area contributed by atoms with Crippen LogP contribution in [0.25, 0.3) is 11.4 Å². The van der Waals surface area contributed by atoms with Crippen molar-refractivity contribution in [3.05, 3.63) is 47.8 Å². The Morgan fingerprint density at radius 3 is 1.79 bits per heavy atom. The molecule has 0 fully saturated rings. The summed E-state index contributed by atoms with van der Waals surface area (Å²) >= 11 is 0. The van der Waals surface area contributed by atoms with Gasteiger partial charge in [0.05, 0.1) is 12.2 Å². The Hall–Kier alpha value is -2.23. The molecule has 0 saturated carbocycles. The Labute approximate surface area is 201 Å². The summed E-state index contributed by atoms with van der Waals surface area (Å²) in [6, 6.07) is 8.48. The maximum absolute atomic E-state index is 12.2. The lowest BCUT2D eigenvalue weighted by Crippen LogP contribution is -2.08. The van der Waals surface area contributed by atoms with Gasteiger partial charge in [-0.3, -0.25) is 0 Å². The molecule has 0 saturated heterocycles. The second-order valence-corrected chi connectivity index (χ2v) is 9.12. The number of rotatable bonds is 18. The van der Waals surface area contributed by atoms with E-state index in [9.17, 15) is 4.79 Å². The number of esters is 1. The first kappa shape index (κ1) is 27.0. The van der Waals surface area contributed by atoms with E-state index in [0.29, 0.717) is 18.0 Å². The number of ether oxygens (including phenoxy) is 1. The van der Waals surface area contributed by atoms with Crippen molar-refractivity contribution in [3.63, 3.8) is 0 Å². The lowest BCUT2D eigenvalue weighted by atomic mass is 10.0. The molecule has 1 aromatic carbocycles. The third-order valence-corrected chi connectivity index (χ3v) is 6.15. The van der Waals surface area contributed by atoms with Gasteiger partial charge in [0.1, 0.15) is 0 Å². The number of benzene rings is 1. The number of carbonyl (C=O) groups is 1. The lowest BCUT2D eigenvalue weighted by molar-refractivity contribution is 0.0496. The van der Waals surface area contributed by atoms with E-state index < -0.39 is 0 Å². The van der Waals surface area contributed by atoms with Gasteiger partial charge in [0, 0.05) is 18.0 Å². The van der Waals surface area contributed by atoms with E-state index in [-0.39, 0.29) is 5.97 Å². The van der Waals surface area contributed by atoms with Gasteiger partial charge in [-0.15, -0.1) is 0 Å². The maximum Gasteiger partial charge on any atom is 0.341 e. The molecule has 0 aliphatic rings. The Morgan fingerprint density at radius 2 is 1.21 bits per heavy atom. The summed E-state index contributed by atoms with van der Waals surface area (Å²) in [4.78, 5) is 21.0. The highest BCUT2D eigenvalue weighted by molar-refractivity contribution is 5.88. The van der Waals surface area contributed by atoms with Crippen molar-refractivity contribution in [1.82, 2.24) is 9.97 Å². The Balaban J connectivity index is 1.67. The lowest BCUT2D eigenvalue weighted by Gasteiger charge is -2.06. The summed E-state index contributed by atoms with van der Waals surface area (Å²) in [5.41, 5.74) is 2.75. The largest absolute Gasteiger partial charge is 0.462 e. The summed E-state index contributed by atoms with van der Waals surface area (Å²) in [6.45, 7) is 4.95. The zero-order valence-corrected chi connectivity index (χ0v) is 21.0.